The average Bonchev–Trinajstić information content (AvgIpc) is 2.98. The zero-order valence-electron chi connectivity index (χ0n) is 24.9. The van der Waals surface area contributed by atoms with Gasteiger partial charge in [-0.2, -0.15) is 4.39 Å². The molecule has 0 radical (unpaired) electrons. The molecule has 3 aliphatic carbocycles. The normalized spacial score (nSPS) is 27.1. The summed E-state index contributed by atoms with van der Waals surface area (Å²) in [6.45, 7) is 4.44. The Morgan fingerprint density at radius 3 is 2.30 bits per heavy atom. The fourth-order valence-corrected chi connectivity index (χ4v) is 7.92. The first-order chi connectivity index (χ1) is 19.6. The molecule has 2 fully saturated rings. The first-order valence-corrected chi connectivity index (χ1v) is 16.4. The molecule has 0 spiro atoms. The van der Waals surface area contributed by atoms with Crippen LogP contribution in [0.25, 0.3) is 0 Å². The molecular formula is C37H50F2O. The van der Waals surface area contributed by atoms with E-state index < -0.39 is 11.6 Å². The minimum atomic E-state index is -0.830. The van der Waals surface area contributed by atoms with Crippen molar-refractivity contribution in [1.29, 1.82) is 0 Å². The van der Waals surface area contributed by atoms with Crippen molar-refractivity contribution in [3.8, 4) is 5.75 Å². The predicted molar refractivity (Wildman–Crippen MR) is 162 cm³/mol. The van der Waals surface area contributed by atoms with Crippen LogP contribution in [0.15, 0.2) is 42.5 Å². The van der Waals surface area contributed by atoms with Gasteiger partial charge >= 0.3 is 0 Å². The summed E-state index contributed by atoms with van der Waals surface area (Å²) in [4.78, 5) is 0. The van der Waals surface area contributed by atoms with E-state index in [4.69, 9.17) is 4.74 Å². The lowest BCUT2D eigenvalue weighted by Crippen LogP contribution is -2.16. The summed E-state index contributed by atoms with van der Waals surface area (Å²) < 4.78 is 34.2. The molecule has 0 N–H and O–H groups in total. The Kier molecular flexibility index (Phi) is 10.4. The molecule has 0 heterocycles. The maximum Gasteiger partial charge on any atom is 0.200 e. The zero-order valence-corrected chi connectivity index (χ0v) is 24.9. The molecule has 2 aromatic carbocycles. The molecule has 1 nitrogen and oxygen atoms in total. The van der Waals surface area contributed by atoms with Crippen molar-refractivity contribution < 1.29 is 13.5 Å². The summed E-state index contributed by atoms with van der Waals surface area (Å²) >= 11 is 0. The fourth-order valence-electron chi connectivity index (χ4n) is 7.92. The molecule has 2 saturated carbocycles. The topological polar surface area (TPSA) is 9.23 Å². The standard InChI is InChI=1S/C37H50F2O/c1-3-7-28-14-19-33-25-32(21-20-31(33)24-28)29-15-10-26(11-16-29)8-5-6-9-27-12-17-30(18-13-27)34-22-23-35(40-4-2)37(39)36(34)38/h5,8,20-23,25-30H,3-4,6-7,9-19,24H2,1-2H3/b8-5+. The van der Waals surface area contributed by atoms with Crippen LogP contribution < -0.4 is 4.74 Å². The van der Waals surface area contributed by atoms with E-state index in [-0.39, 0.29) is 11.7 Å². The Morgan fingerprint density at radius 2 is 1.55 bits per heavy atom. The van der Waals surface area contributed by atoms with Crippen molar-refractivity contribution in [1.82, 2.24) is 0 Å². The summed E-state index contributed by atoms with van der Waals surface area (Å²) in [5.74, 6) is 1.69. The van der Waals surface area contributed by atoms with Crippen molar-refractivity contribution in [2.45, 2.75) is 122 Å². The molecule has 1 atom stereocenters. The van der Waals surface area contributed by atoms with E-state index in [1.165, 1.54) is 64.2 Å². The lowest BCUT2D eigenvalue weighted by atomic mass is 9.75. The van der Waals surface area contributed by atoms with Gasteiger partial charge in [0.2, 0.25) is 5.82 Å². The van der Waals surface area contributed by atoms with Gasteiger partial charge in [0.25, 0.3) is 0 Å². The number of ether oxygens (including phenoxy) is 1. The highest BCUT2D eigenvalue weighted by atomic mass is 19.2. The molecule has 0 aromatic heterocycles. The Morgan fingerprint density at radius 1 is 0.775 bits per heavy atom. The van der Waals surface area contributed by atoms with Crippen molar-refractivity contribution >= 4 is 0 Å². The molecule has 1 unspecified atom stereocenters. The third-order valence-corrected chi connectivity index (χ3v) is 10.3. The van der Waals surface area contributed by atoms with Gasteiger partial charge in [-0.05, 0) is 148 Å². The van der Waals surface area contributed by atoms with Crippen LogP contribution >= 0.6 is 0 Å². The molecule has 5 rings (SSSR count). The number of benzene rings is 2. The van der Waals surface area contributed by atoms with E-state index in [0.717, 1.165) is 49.9 Å². The SMILES string of the molecule is CCCC1CCc2cc(C3CCC(/C=C/CCC4CCC(c5ccc(OCC)c(F)c5F)CC4)CC3)ccc2C1. The molecule has 3 aliphatic rings. The van der Waals surface area contributed by atoms with E-state index in [0.29, 0.717) is 18.1 Å². The third-order valence-electron chi connectivity index (χ3n) is 10.3. The monoisotopic (exact) mass is 548 g/mol. The summed E-state index contributed by atoms with van der Waals surface area (Å²) in [6.07, 6.45) is 23.3. The Labute approximate surface area is 241 Å². The largest absolute Gasteiger partial charge is 0.491 e. The quantitative estimate of drug-likeness (QED) is 0.268. The van der Waals surface area contributed by atoms with Crippen LogP contribution in [0.4, 0.5) is 8.78 Å². The van der Waals surface area contributed by atoms with Crippen LogP contribution in [0.2, 0.25) is 0 Å². The second-order valence-corrected chi connectivity index (χ2v) is 13.0. The van der Waals surface area contributed by atoms with Crippen molar-refractivity contribution in [2.24, 2.45) is 17.8 Å². The average molecular weight is 549 g/mol. The molecule has 0 saturated heterocycles. The summed E-state index contributed by atoms with van der Waals surface area (Å²) in [5.41, 5.74) is 5.39. The lowest BCUT2D eigenvalue weighted by Gasteiger charge is -2.30. The molecule has 0 aliphatic heterocycles. The molecule has 2 aromatic rings. The number of halogens is 2. The van der Waals surface area contributed by atoms with Crippen LogP contribution in [0.3, 0.4) is 0 Å². The lowest BCUT2D eigenvalue weighted by molar-refractivity contribution is 0.297. The zero-order chi connectivity index (χ0) is 27.9. The van der Waals surface area contributed by atoms with Gasteiger partial charge in [-0.1, -0.05) is 56.2 Å². The minimum absolute atomic E-state index is 0.0248. The highest BCUT2D eigenvalue weighted by molar-refractivity contribution is 5.36. The van der Waals surface area contributed by atoms with Gasteiger partial charge in [0.1, 0.15) is 0 Å². The third kappa shape index (κ3) is 7.18. The van der Waals surface area contributed by atoms with Crippen molar-refractivity contribution in [3.05, 3.63) is 76.4 Å². The summed E-state index contributed by atoms with van der Waals surface area (Å²) in [6, 6.07) is 10.8. The minimum Gasteiger partial charge on any atom is -0.491 e. The van der Waals surface area contributed by atoms with Gasteiger partial charge in [-0.15, -0.1) is 0 Å². The van der Waals surface area contributed by atoms with Crippen LogP contribution in [0.1, 0.15) is 131 Å². The fraction of sp³-hybridized carbons (Fsp3) is 0.622. The highest BCUT2D eigenvalue weighted by Crippen LogP contribution is 2.41. The second kappa shape index (κ2) is 14.1. The van der Waals surface area contributed by atoms with Crippen molar-refractivity contribution in [3.63, 3.8) is 0 Å². The molecular weight excluding hydrogens is 498 g/mol. The van der Waals surface area contributed by atoms with Gasteiger partial charge < -0.3 is 4.74 Å². The maximum absolute atomic E-state index is 14.7. The highest BCUT2D eigenvalue weighted by Gasteiger charge is 2.27. The van der Waals surface area contributed by atoms with Gasteiger partial charge in [0.05, 0.1) is 6.61 Å². The Balaban J connectivity index is 1.02. The number of allylic oxidation sites excluding steroid dienone is 2. The molecule has 40 heavy (non-hydrogen) atoms. The number of rotatable bonds is 10. The van der Waals surface area contributed by atoms with Crippen molar-refractivity contribution in [2.75, 3.05) is 6.61 Å². The van der Waals surface area contributed by atoms with E-state index in [2.05, 4.69) is 37.3 Å². The Hall–Kier alpha value is -2.16. The van der Waals surface area contributed by atoms with Gasteiger partial charge in [-0.25, -0.2) is 4.39 Å². The summed E-state index contributed by atoms with van der Waals surface area (Å²) in [5, 5.41) is 0. The Bertz CT molecular complexity index is 1120. The van der Waals surface area contributed by atoms with Gasteiger partial charge in [-0.3, -0.25) is 0 Å². The second-order valence-electron chi connectivity index (χ2n) is 13.0. The molecule has 3 heteroatoms. The summed E-state index contributed by atoms with van der Waals surface area (Å²) in [7, 11) is 0. The van der Waals surface area contributed by atoms with Crippen LogP contribution in [-0.4, -0.2) is 6.61 Å². The smallest absolute Gasteiger partial charge is 0.200 e. The number of fused-ring (bicyclic) bond motifs is 1. The number of hydrogen-bond donors (Lipinski definition) is 0. The predicted octanol–water partition coefficient (Wildman–Crippen LogP) is 10.9. The van der Waals surface area contributed by atoms with Crippen LogP contribution in [-0.2, 0) is 12.8 Å². The van der Waals surface area contributed by atoms with E-state index in [1.54, 1.807) is 35.7 Å². The van der Waals surface area contributed by atoms with E-state index in [1.807, 2.05) is 0 Å². The van der Waals surface area contributed by atoms with E-state index >= 15 is 0 Å². The van der Waals surface area contributed by atoms with E-state index in [9.17, 15) is 8.78 Å². The first-order valence-electron chi connectivity index (χ1n) is 16.4. The number of hydrogen-bond acceptors (Lipinski definition) is 1. The molecule has 218 valence electrons. The molecule has 0 bridgehead atoms. The van der Waals surface area contributed by atoms with Crippen LogP contribution in [0.5, 0.6) is 5.75 Å². The van der Waals surface area contributed by atoms with Crippen LogP contribution in [0, 0.1) is 29.4 Å². The van der Waals surface area contributed by atoms with Gasteiger partial charge in [0, 0.05) is 0 Å². The maximum atomic E-state index is 14.7. The van der Waals surface area contributed by atoms with Gasteiger partial charge in [0.15, 0.2) is 11.6 Å². The molecule has 0 amide bonds. The number of aryl methyl sites for hydroxylation is 1. The first kappa shape index (κ1) is 29.3.